The topological polar surface area (TPSA) is 35.6 Å². The van der Waals surface area contributed by atoms with Crippen molar-refractivity contribution in [2.75, 3.05) is 32.7 Å². The highest BCUT2D eigenvalue weighted by atomic mass is 16.2. The Hall–Kier alpha value is -1.39. The molecule has 120 valence electrons. The minimum atomic E-state index is -0.00220. The Balaban J connectivity index is 1.41. The minimum Gasteiger partial charge on any atom is -0.354 e. The summed E-state index contributed by atoms with van der Waals surface area (Å²) < 4.78 is 0. The molecule has 1 aromatic carbocycles. The molecule has 1 amide bonds. The molecule has 0 radical (unpaired) electrons. The fourth-order valence-corrected chi connectivity index (χ4v) is 3.03. The predicted molar refractivity (Wildman–Crippen MR) is 88.5 cm³/mol. The molecule has 1 aliphatic heterocycles. The van der Waals surface area contributed by atoms with Crippen LogP contribution in [0.15, 0.2) is 30.3 Å². The van der Waals surface area contributed by atoms with Crippen LogP contribution < -0.4 is 5.32 Å². The molecule has 1 aliphatic carbocycles. The summed E-state index contributed by atoms with van der Waals surface area (Å²) in [5.41, 5.74) is 1.37. The molecule has 22 heavy (non-hydrogen) atoms. The van der Waals surface area contributed by atoms with Crippen LogP contribution in [0.1, 0.15) is 25.3 Å². The SMILES string of the molecule is CC(C(=O)NCC1CC1)N1CCN(Cc2ccccc2)CC1. The van der Waals surface area contributed by atoms with Gasteiger partial charge in [0, 0.05) is 39.3 Å². The largest absolute Gasteiger partial charge is 0.354 e. The van der Waals surface area contributed by atoms with E-state index in [1.165, 1.54) is 18.4 Å². The Morgan fingerprint density at radius 1 is 1.18 bits per heavy atom. The summed E-state index contributed by atoms with van der Waals surface area (Å²) in [6.45, 7) is 7.95. The molecule has 1 atom stereocenters. The molecule has 0 bridgehead atoms. The van der Waals surface area contributed by atoms with Crippen LogP contribution >= 0.6 is 0 Å². The molecule has 1 heterocycles. The Morgan fingerprint density at radius 3 is 2.50 bits per heavy atom. The number of nitrogens with one attached hydrogen (secondary N) is 1. The quantitative estimate of drug-likeness (QED) is 0.869. The lowest BCUT2D eigenvalue weighted by molar-refractivity contribution is -0.126. The fraction of sp³-hybridized carbons (Fsp3) is 0.611. The lowest BCUT2D eigenvalue weighted by atomic mass is 10.1. The van der Waals surface area contributed by atoms with Gasteiger partial charge in [-0.25, -0.2) is 0 Å². The zero-order valence-electron chi connectivity index (χ0n) is 13.5. The molecular weight excluding hydrogens is 274 g/mol. The number of carbonyl (C=O) groups excluding carboxylic acids is 1. The number of rotatable bonds is 6. The van der Waals surface area contributed by atoms with Gasteiger partial charge in [0.2, 0.25) is 5.91 Å². The molecule has 0 aromatic heterocycles. The molecular formula is C18H27N3O. The summed E-state index contributed by atoms with van der Waals surface area (Å²) in [5, 5.41) is 3.10. The molecule has 4 heteroatoms. The summed E-state index contributed by atoms with van der Waals surface area (Å²) in [7, 11) is 0. The summed E-state index contributed by atoms with van der Waals surface area (Å²) in [4.78, 5) is 17.0. The van der Waals surface area contributed by atoms with Gasteiger partial charge in [0.15, 0.2) is 0 Å². The number of carbonyl (C=O) groups is 1. The van der Waals surface area contributed by atoms with Crippen molar-refractivity contribution in [3.05, 3.63) is 35.9 Å². The third-order valence-corrected chi connectivity index (χ3v) is 4.84. The van der Waals surface area contributed by atoms with E-state index in [1.54, 1.807) is 0 Å². The van der Waals surface area contributed by atoms with Crippen molar-refractivity contribution in [2.45, 2.75) is 32.4 Å². The van der Waals surface area contributed by atoms with E-state index in [9.17, 15) is 4.79 Å². The van der Waals surface area contributed by atoms with Crippen LogP contribution in [0.4, 0.5) is 0 Å². The van der Waals surface area contributed by atoms with Gasteiger partial charge in [0.05, 0.1) is 6.04 Å². The van der Waals surface area contributed by atoms with E-state index in [4.69, 9.17) is 0 Å². The van der Waals surface area contributed by atoms with E-state index in [2.05, 4.69) is 45.4 Å². The summed E-state index contributed by atoms with van der Waals surface area (Å²) in [6.07, 6.45) is 2.57. The van der Waals surface area contributed by atoms with Gasteiger partial charge in [-0.1, -0.05) is 30.3 Å². The lowest BCUT2D eigenvalue weighted by Gasteiger charge is -2.37. The molecule has 1 N–H and O–H groups in total. The van der Waals surface area contributed by atoms with Crippen molar-refractivity contribution in [1.82, 2.24) is 15.1 Å². The van der Waals surface area contributed by atoms with E-state index < -0.39 is 0 Å². The van der Waals surface area contributed by atoms with E-state index in [0.29, 0.717) is 0 Å². The van der Waals surface area contributed by atoms with Crippen LogP contribution in [0.5, 0.6) is 0 Å². The van der Waals surface area contributed by atoms with Crippen molar-refractivity contribution in [1.29, 1.82) is 0 Å². The highest BCUT2D eigenvalue weighted by molar-refractivity contribution is 5.81. The van der Waals surface area contributed by atoms with Gasteiger partial charge in [-0.2, -0.15) is 0 Å². The fourth-order valence-electron chi connectivity index (χ4n) is 3.03. The Morgan fingerprint density at radius 2 is 1.86 bits per heavy atom. The molecule has 4 nitrogen and oxygen atoms in total. The smallest absolute Gasteiger partial charge is 0.237 e. The molecule has 1 saturated heterocycles. The van der Waals surface area contributed by atoms with E-state index in [-0.39, 0.29) is 11.9 Å². The highest BCUT2D eigenvalue weighted by Crippen LogP contribution is 2.27. The van der Waals surface area contributed by atoms with E-state index >= 15 is 0 Å². The zero-order valence-corrected chi connectivity index (χ0v) is 13.5. The first kappa shape index (κ1) is 15.5. The first-order valence-electron chi connectivity index (χ1n) is 8.50. The van der Waals surface area contributed by atoms with Gasteiger partial charge >= 0.3 is 0 Å². The van der Waals surface area contributed by atoms with Crippen molar-refractivity contribution in [3.63, 3.8) is 0 Å². The first-order chi connectivity index (χ1) is 10.7. The highest BCUT2D eigenvalue weighted by Gasteiger charge is 2.27. The second-order valence-corrected chi connectivity index (χ2v) is 6.66. The van der Waals surface area contributed by atoms with Gasteiger partial charge in [0.25, 0.3) is 0 Å². The van der Waals surface area contributed by atoms with Crippen LogP contribution in [-0.4, -0.2) is 54.5 Å². The number of hydrogen-bond acceptors (Lipinski definition) is 3. The first-order valence-corrected chi connectivity index (χ1v) is 8.50. The van der Waals surface area contributed by atoms with Crippen LogP contribution in [0.2, 0.25) is 0 Å². The van der Waals surface area contributed by atoms with Crippen LogP contribution in [0.3, 0.4) is 0 Å². The average molecular weight is 301 g/mol. The summed E-state index contributed by atoms with van der Waals surface area (Å²) in [5.74, 6) is 0.947. The van der Waals surface area contributed by atoms with Crippen LogP contribution in [-0.2, 0) is 11.3 Å². The van der Waals surface area contributed by atoms with Crippen LogP contribution in [0.25, 0.3) is 0 Å². The summed E-state index contributed by atoms with van der Waals surface area (Å²) >= 11 is 0. The maximum absolute atomic E-state index is 12.2. The molecule has 3 rings (SSSR count). The van der Waals surface area contributed by atoms with Crippen molar-refractivity contribution in [3.8, 4) is 0 Å². The second kappa shape index (κ2) is 7.25. The Bertz CT molecular complexity index is 478. The second-order valence-electron chi connectivity index (χ2n) is 6.66. The van der Waals surface area contributed by atoms with Gasteiger partial charge in [0.1, 0.15) is 0 Å². The minimum absolute atomic E-state index is 0.00220. The standard InChI is InChI=1S/C18H27N3O/c1-15(18(22)19-13-16-7-8-16)21-11-9-20(10-12-21)14-17-5-3-2-4-6-17/h2-6,15-16H,7-14H2,1H3,(H,19,22). The van der Waals surface area contributed by atoms with E-state index in [1.807, 2.05) is 6.92 Å². The third kappa shape index (κ3) is 4.31. The maximum atomic E-state index is 12.2. The summed E-state index contributed by atoms with van der Waals surface area (Å²) in [6, 6.07) is 10.6. The Kier molecular flexibility index (Phi) is 5.11. The number of benzene rings is 1. The van der Waals surface area contributed by atoms with Crippen molar-refractivity contribution < 1.29 is 4.79 Å². The molecule has 1 saturated carbocycles. The Labute approximate surface area is 133 Å². The number of hydrogen-bond donors (Lipinski definition) is 1. The zero-order chi connectivity index (χ0) is 15.4. The maximum Gasteiger partial charge on any atom is 0.237 e. The molecule has 1 unspecified atom stereocenters. The van der Waals surface area contributed by atoms with Gasteiger partial charge in [-0.15, -0.1) is 0 Å². The monoisotopic (exact) mass is 301 g/mol. The van der Waals surface area contributed by atoms with E-state index in [0.717, 1.165) is 45.2 Å². The molecule has 2 fully saturated rings. The number of amides is 1. The third-order valence-electron chi connectivity index (χ3n) is 4.84. The number of piperazine rings is 1. The van der Waals surface area contributed by atoms with Gasteiger partial charge < -0.3 is 5.32 Å². The lowest BCUT2D eigenvalue weighted by Crippen LogP contribution is -2.53. The van der Waals surface area contributed by atoms with Crippen LogP contribution in [0, 0.1) is 5.92 Å². The van der Waals surface area contributed by atoms with Crippen molar-refractivity contribution >= 4 is 5.91 Å². The van der Waals surface area contributed by atoms with Gasteiger partial charge in [-0.05, 0) is 31.2 Å². The number of nitrogens with zero attached hydrogens (tertiary/aromatic N) is 2. The van der Waals surface area contributed by atoms with Crippen molar-refractivity contribution in [2.24, 2.45) is 5.92 Å². The van der Waals surface area contributed by atoms with Gasteiger partial charge in [-0.3, -0.25) is 14.6 Å². The molecule has 2 aliphatic rings. The predicted octanol–water partition coefficient (Wildman–Crippen LogP) is 1.72. The normalized spacial score (nSPS) is 21.5. The molecule has 1 aromatic rings. The molecule has 0 spiro atoms. The average Bonchev–Trinajstić information content (AvgIpc) is 3.38.